The summed E-state index contributed by atoms with van der Waals surface area (Å²) in [5.41, 5.74) is 0.825. The number of hydrogen-bond acceptors (Lipinski definition) is 2. The fraction of sp³-hybridized carbons (Fsp3) is 0.333. The van der Waals surface area contributed by atoms with Gasteiger partial charge in [-0.1, -0.05) is 36.2 Å². The van der Waals surface area contributed by atoms with Crippen LogP contribution in [-0.2, 0) is 13.1 Å². The Hall–Kier alpha value is -1.72. The minimum atomic E-state index is -0.224. The molecule has 1 heterocycles. The highest BCUT2D eigenvalue weighted by molar-refractivity contribution is 6.35. The van der Waals surface area contributed by atoms with Crippen molar-refractivity contribution < 1.29 is 4.79 Å². The molecule has 2 aromatic rings. The molecule has 2 amide bonds. The zero-order valence-electron chi connectivity index (χ0n) is 12.2. The summed E-state index contributed by atoms with van der Waals surface area (Å²) in [5, 5.41) is 10.9. The highest BCUT2D eigenvalue weighted by atomic mass is 35.5. The Labute approximate surface area is 139 Å². The van der Waals surface area contributed by atoms with E-state index >= 15 is 0 Å². The Kier molecular flexibility index (Phi) is 6.10. The van der Waals surface area contributed by atoms with Gasteiger partial charge < -0.3 is 10.6 Å². The van der Waals surface area contributed by atoms with Gasteiger partial charge in [0.2, 0.25) is 0 Å². The van der Waals surface area contributed by atoms with Gasteiger partial charge in [0, 0.05) is 42.1 Å². The number of benzene rings is 1. The quantitative estimate of drug-likeness (QED) is 0.847. The summed E-state index contributed by atoms with van der Waals surface area (Å²) < 4.78 is 1.84. The second-order valence-corrected chi connectivity index (χ2v) is 5.98. The van der Waals surface area contributed by atoms with E-state index in [0.29, 0.717) is 23.1 Å². The van der Waals surface area contributed by atoms with Gasteiger partial charge in [0.15, 0.2) is 0 Å². The first-order valence-electron chi connectivity index (χ1n) is 6.97. The number of hydrogen-bond donors (Lipinski definition) is 2. The van der Waals surface area contributed by atoms with Gasteiger partial charge in [-0.25, -0.2) is 4.79 Å². The van der Waals surface area contributed by atoms with Crippen molar-refractivity contribution in [3.8, 4) is 0 Å². The molecule has 0 saturated heterocycles. The van der Waals surface area contributed by atoms with Crippen LogP contribution in [0.15, 0.2) is 36.7 Å². The summed E-state index contributed by atoms with van der Waals surface area (Å²) in [6.45, 7) is 3.74. The molecule has 0 aliphatic carbocycles. The molecular weight excluding hydrogens is 323 g/mol. The zero-order chi connectivity index (χ0) is 15.9. The summed E-state index contributed by atoms with van der Waals surface area (Å²) >= 11 is 11.9. The van der Waals surface area contributed by atoms with E-state index in [1.807, 2.05) is 16.9 Å². The van der Waals surface area contributed by atoms with Gasteiger partial charge >= 0.3 is 6.03 Å². The SMILES string of the molecule is CC(CNC(=O)NCc1ccc(Cl)cc1Cl)Cn1cccn1. The van der Waals surface area contributed by atoms with Gasteiger partial charge in [-0.2, -0.15) is 5.10 Å². The molecule has 1 atom stereocenters. The third-order valence-corrected chi connectivity index (χ3v) is 3.71. The van der Waals surface area contributed by atoms with Crippen LogP contribution in [0.1, 0.15) is 12.5 Å². The molecule has 0 spiro atoms. The second kappa shape index (κ2) is 8.06. The van der Waals surface area contributed by atoms with Crippen LogP contribution >= 0.6 is 23.2 Å². The molecule has 2 N–H and O–H groups in total. The van der Waals surface area contributed by atoms with Gasteiger partial charge in [0.1, 0.15) is 0 Å². The predicted octanol–water partition coefficient (Wildman–Crippen LogP) is 3.33. The summed E-state index contributed by atoms with van der Waals surface area (Å²) in [5.74, 6) is 0.282. The average molecular weight is 341 g/mol. The number of aromatic nitrogens is 2. The molecule has 0 aliphatic rings. The third kappa shape index (κ3) is 5.24. The standard InChI is InChI=1S/C15H18Cl2N4O/c1-11(10-21-6-2-5-20-21)8-18-15(22)19-9-12-3-4-13(16)7-14(12)17/h2-7,11H,8-10H2,1H3,(H2,18,19,22). The first-order valence-corrected chi connectivity index (χ1v) is 7.73. The van der Waals surface area contributed by atoms with Crippen LogP contribution in [0.5, 0.6) is 0 Å². The van der Waals surface area contributed by atoms with E-state index in [-0.39, 0.29) is 11.9 Å². The molecule has 0 bridgehead atoms. The van der Waals surface area contributed by atoms with Gasteiger partial charge in [0.05, 0.1) is 0 Å². The molecule has 0 radical (unpaired) electrons. The van der Waals surface area contributed by atoms with Crippen molar-refractivity contribution in [2.45, 2.75) is 20.0 Å². The largest absolute Gasteiger partial charge is 0.338 e. The molecule has 118 valence electrons. The molecule has 5 nitrogen and oxygen atoms in total. The summed E-state index contributed by atoms with van der Waals surface area (Å²) in [4.78, 5) is 11.8. The van der Waals surface area contributed by atoms with Crippen LogP contribution in [0.3, 0.4) is 0 Å². The fourth-order valence-electron chi connectivity index (χ4n) is 1.96. The minimum Gasteiger partial charge on any atom is -0.338 e. The summed E-state index contributed by atoms with van der Waals surface area (Å²) in [6.07, 6.45) is 3.64. The topological polar surface area (TPSA) is 59.0 Å². The maximum absolute atomic E-state index is 11.8. The van der Waals surface area contributed by atoms with Crippen LogP contribution in [0.2, 0.25) is 10.0 Å². The van der Waals surface area contributed by atoms with E-state index in [4.69, 9.17) is 23.2 Å². The zero-order valence-corrected chi connectivity index (χ0v) is 13.7. The van der Waals surface area contributed by atoms with Crippen LogP contribution < -0.4 is 10.6 Å². The first-order chi connectivity index (χ1) is 10.5. The maximum Gasteiger partial charge on any atom is 0.315 e. The molecule has 22 heavy (non-hydrogen) atoms. The highest BCUT2D eigenvalue weighted by Gasteiger charge is 2.07. The number of nitrogens with one attached hydrogen (secondary N) is 2. The molecule has 0 fully saturated rings. The average Bonchev–Trinajstić information content (AvgIpc) is 2.97. The monoisotopic (exact) mass is 340 g/mol. The Morgan fingerprint density at radius 3 is 2.86 bits per heavy atom. The number of urea groups is 1. The Balaban J connectivity index is 1.71. The van der Waals surface area contributed by atoms with E-state index in [9.17, 15) is 4.79 Å². The summed E-state index contributed by atoms with van der Waals surface area (Å²) in [7, 11) is 0. The number of amides is 2. The first kappa shape index (κ1) is 16.6. The highest BCUT2D eigenvalue weighted by Crippen LogP contribution is 2.20. The van der Waals surface area contributed by atoms with Crippen LogP contribution in [0.25, 0.3) is 0 Å². The van der Waals surface area contributed by atoms with Gasteiger partial charge in [-0.05, 0) is 29.7 Å². The number of rotatable bonds is 6. The van der Waals surface area contributed by atoms with Crippen molar-refractivity contribution in [3.05, 3.63) is 52.3 Å². The van der Waals surface area contributed by atoms with E-state index in [1.165, 1.54) is 0 Å². The summed E-state index contributed by atoms with van der Waals surface area (Å²) in [6, 6.07) is 6.85. The minimum absolute atomic E-state index is 0.224. The van der Waals surface area contributed by atoms with Gasteiger partial charge in [-0.15, -0.1) is 0 Å². The lowest BCUT2D eigenvalue weighted by Gasteiger charge is -2.13. The lowest BCUT2D eigenvalue weighted by atomic mass is 10.2. The van der Waals surface area contributed by atoms with Crippen molar-refractivity contribution in [2.24, 2.45) is 5.92 Å². The molecule has 1 aromatic carbocycles. The molecule has 2 rings (SSSR count). The normalized spacial score (nSPS) is 12.0. The van der Waals surface area contributed by atoms with Crippen molar-refractivity contribution in [2.75, 3.05) is 6.54 Å². The third-order valence-electron chi connectivity index (χ3n) is 3.12. The van der Waals surface area contributed by atoms with Gasteiger partial charge in [-0.3, -0.25) is 4.68 Å². The van der Waals surface area contributed by atoms with Crippen molar-refractivity contribution in [1.29, 1.82) is 0 Å². The maximum atomic E-state index is 11.8. The smallest absolute Gasteiger partial charge is 0.315 e. The molecule has 7 heteroatoms. The van der Waals surface area contributed by atoms with Crippen molar-refractivity contribution in [3.63, 3.8) is 0 Å². The number of carbonyl (C=O) groups is 1. The van der Waals surface area contributed by atoms with E-state index < -0.39 is 0 Å². The molecule has 0 aliphatic heterocycles. The number of carbonyl (C=O) groups excluding carboxylic acids is 1. The Morgan fingerprint density at radius 1 is 1.36 bits per heavy atom. The van der Waals surface area contributed by atoms with Gasteiger partial charge in [0.25, 0.3) is 0 Å². The predicted molar refractivity (Wildman–Crippen MR) is 88.1 cm³/mol. The van der Waals surface area contributed by atoms with Crippen molar-refractivity contribution >= 4 is 29.2 Å². The Morgan fingerprint density at radius 2 is 2.18 bits per heavy atom. The fourth-order valence-corrected chi connectivity index (χ4v) is 2.44. The lowest BCUT2D eigenvalue weighted by molar-refractivity contribution is 0.238. The van der Waals surface area contributed by atoms with Crippen LogP contribution in [0, 0.1) is 5.92 Å². The molecular formula is C15H18Cl2N4O. The second-order valence-electron chi connectivity index (χ2n) is 5.13. The van der Waals surface area contributed by atoms with E-state index in [0.717, 1.165) is 12.1 Å². The van der Waals surface area contributed by atoms with Crippen molar-refractivity contribution in [1.82, 2.24) is 20.4 Å². The van der Waals surface area contributed by atoms with Crippen LogP contribution in [0.4, 0.5) is 4.79 Å². The lowest BCUT2D eigenvalue weighted by Crippen LogP contribution is -2.38. The molecule has 1 aromatic heterocycles. The van der Waals surface area contributed by atoms with Crippen LogP contribution in [-0.4, -0.2) is 22.4 Å². The number of halogens is 2. The molecule has 1 unspecified atom stereocenters. The van der Waals surface area contributed by atoms with E-state index in [1.54, 1.807) is 24.4 Å². The van der Waals surface area contributed by atoms with E-state index in [2.05, 4.69) is 22.7 Å². The molecule has 0 saturated carbocycles. The number of nitrogens with zero attached hydrogens (tertiary/aromatic N) is 2. The Bertz CT molecular complexity index is 616.